The van der Waals surface area contributed by atoms with E-state index in [9.17, 15) is 0 Å². The Bertz CT molecular complexity index is 829. The number of hydrogen-bond donors (Lipinski definition) is 0. The first kappa shape index (κ1) is 19.1. The highest BCUT2D eigenvalue weighted by Gasteiger charge is 2.12. The topological polar surface area (TPSA) is 9.23 Å². The van der Waals surface area contributed by atoms with Gasteiger partial charge in [-0.2, -0.15) is 0 Å². The molecule has 0 bridgehead atoms. The van der Waals surface area contributed by atoms with Crippen LogP contribution >= 0.6 is 0 Å². The van der Waals surface area contributed by atoms with Crippen molar-refractivity contribution < 1.29 is 4.74 Å². The molecular weight excluding hydrogens is 320 g/mol. The zero-order chi connectivity index (χ0) is 18.6. The number of aryl methyl sites for hydroxylation is 1. The van der Waals surface area contributed by atoms with Crippen molar-refractivity contribution in [2.24, 2.45) is 0 Å². The van der Waals surface area contributed by atoms with Gasteiger partial charge in [-0.25, -0.2) is 0 Å². The molecule has 0 heterocycles. The van der Waals surface area contributed by atoms with Gasteiger partial charge in [-0.1, -0.05) is 62.0 Å². The maximum Gasteiger partial charge on any atom is 0.129 e. The Labute approximate surface area is 153 Å². The molecule has 130 valence electrons. The van der Waals surface area contributed by atoms with Crippen molar-refractivity contribution in [3.63, 3.8) is 0 Å². The van der Waals surface area contributed by atoms with Crippen LogP contribution in [0.3, 0.4) is 0 Å². The van der Waals surface area contributed by atoms with Crippen molar-refractivity contribution in [3.8, 4) is 17.2 Å². The van der Waals surface area contributed by atoms with Crippen molar-refractivity contribution in [2.75, 3.05) is 0 Å². The van der Waals surface area contributed by atoms with E-state index in [1.807, 2.05) is 26.0 Å². The molecule has 2 aromatic rings. The Morgan fingerprint density at radius 2 is 1.80 bits per heavy atom. The van der Waals surface area contributed by atoms with Gasteiger partial charge >= 0.3 is 0 Å². The second-order valence-electron chi connectivity index (χ2n) is 7.73. The molecule has 0 aliphatic rings. The van der Waals surface area contributed by atoms with Crippen molar-refractivity contribution in [1.82, 2.24) is 0 Å². The monoisotopic (exact) mass is 348 g/mol. The minimum atomic E-state index is -1.41. The fourth-order valence-electron chi connectivity index (χ4n) is 2.45. The Kier molecular flexibility index (Phi) is 5.92. The van der Waals surface area contributed by atoms with E-state index >= 15 is 0 Å². The lowest BCUT2D eigenvalue weighted by atomic mass is 9.96. The first-order valence-electron chi connectivity index (χ1n) is 8.76. The van der Waals surface area contributed by atoms with E-state index in [2.05, 4.69) is 74.9 Å². The van der Waals surface area contributed by atoms with Gasteiger partial charge in [-0.3, -0.25) is 0 Å². The van der Waals surface area contributed by atoms with Gasteiger partial charge in [0, 0.05) is 11.1 Å². The van der Waals surface area contributed by atoms with E-state index < -0.39 is 8.07 Å². The molecule has 0 saturated heterocycles. The quantitative estimate of drug-likeness (QED) is 0.481. The molecule has 2 heteroatoms. The minimum absolute atomic E-state index is 0.114. The predicted octanol–water partition coefficient (Wildman–Crippen LogP) is 6.07. The Morgan fingerprint density at radius 3 is 2.40 bits per heavy atom. The Morgan fingerprint density at radius 1 is 1.08 bits per heavy atom. The molecule has 2 rings (SSSR count). The van der Waals surface area contributed by atoms with Gasteiger partial charge in [0.1, 0.15) is 13.8 Å². The summed E-state index contributed by atoms with van der Waals surface area (Å²) in [7, 11) is -1.41. The highest BCUT2D eigenvalue weighted by atomic mass is 28.3. The molecule has 0 aliphatic carbocycles. The highest BCUT2D eigenvalue weighted by molar-refractivity contribution is 6.83. The smallest absolute Gasteiger partial charge is 0.129 e. The van der Waals surface area contributed by atoms with Gasteiger partial charge in [0.25, 0.3) is 0 Å². The van der Waals surface area contributed by atoms with Crippen LogP contribution < -0.4 is 4.74 Å². The molecule has 0 unspecified atom stereocenters. The molecular formula is C23H28OSi. The van der Waals surface area contributed by atoms with Crippen molar-refractivity contribution >= 4 is 13.6 Å². The van der Waals surface area contributed by atoms with E-state index in [-0.39, 0.29) is 6.10 Å². The van der Waals surface area contributed by atoms with Gasteiger partial charge < -0.3 is 4.74 Å². The van der Waals surface area contributed by atoms with Crippen LogP contribution in [0.1, 0.15) is 36.1 Å². The standard InChI is InChI=1S/C23H28OSi/c1-17(2)24-23-12-11-20(13-14-25(5,6)7)16-22(23)19(4)21-10-8-9-18(3)15-21/h8-12,15-17H,4H2,1-3,5-7H3. The summed E-state index contributed by atoms with van der Waals surface area (Å²) >= 11 is 0. The average molecular weight is 349 g/mol. The SMILES string of the molecule is C=C(c1cccc(C)c1)c1cc(C#C[Si](C)(C)C)ccc1OC(C)C. The molecule has 0 spiro atoms. The van der Waals surface area contributed by atoms with Crippen molar-refractivity contribution in [3.05, 3.63) is 71.3 Å². The summed E-state index contributed by atoms with van der Waals surface area (Å²) in [6.45, 7) is 17.3. The molecule has 0 radical (unpaired) electrons. The lowest BCUT2D eigenvalue weighted by molar-refractivity contribution is 0.242. The third-order valence-corrected chi connectivity index (χ3v) is 4.49. The maximum atomic E-state index is 6.02. The lowest BCUT2D eigenvalue weighted by Crippen LogP contribution is -2.16. The van der Waals surface area contributed by atoms with Gasteiger partial charge in [-0.05, 0) is 50.1 Å². The third kappa shape index (κ3) is 5.65. The largest absolute Gasteiger partial charge is 0.490 e. The maximum absolute atomic E-state index is 6.02. The molecule has 0 atom stereocenters. The van der Waals surface area contributed by atoms with Gasteiger partial charge in [0.2, 0.25) is 0 Å². The number of benzene rings is 2. The molecule has 0 aliphatic heterocycles. The zero-order valence-corrected chi connectivity index (χ0v) is 17.2. The van der Waals surface area contributed by atoms with Gasteiger partial charge in [0.05, 0.1) is 6.10 Å². The number of hydrogen-bond acceptors (Lipinski definition) is 1. The van der Waals surface area contributed by atoms with Crippen LogP contribution in [-0.2, 0) is 0 Å². The second kappa shape index (κ2) is 7.76. The third-order valence-electron chi connectivity index (χ3n) is 3.62. The van der Waals surface area contributed by atoms with E-state index in [1.165, 1.54) is 5.56 Å². The van der Waals surface area contributed by atoms with Crippen LogP contribution in [0.25, 0.3) is 5.57 Å². The van der Waals surface area contributed by atoms with Crippen LogP contribution in [0.5, 0.6) is 5.75 Å². The number of ether oxygens (including phenoxy) is 1. The Balaban J connectivity index is 2.50. The van der Waals surface area contributed by atoms with Crippen LogP contribution in [0.15, 0.2) is 49.0 Å². The summed E-state index contributed by atoms with van der Waals surface area (Å²) in [5, 5.41) is 0. The molecule has 0 fully saturated rings. The average Bonchev–Trinajstić information content (AvgIpc) is 2.52. The summed E-state index contributed by atoms with van der Waals surface area (Å²) < 4.78 is 6.02. The van der Waals surface area contributed by atoms with E-state index in [4.69, 9.17) is 4.74 Å². The summed E-state index contributed by atoms with van der Waals surface area (Å²) in [6, 6.07) is 14.6. The van der Waals surface area contributed by atoms with E-state index in [1.54, 1.807) is 0 Å². The van der Waals surface area contributed by atoms with Crippen molar-refractivity contribution in [2.45, 2.75) is 46.5 Å². The summed E-state index contributed by atoms with van der Waals surface area (Å²) in [5.74, 6) is 4.20. The minimum Gasteiger partial charge on any atom is -0.490 e. The molecule has 0 aromatic heterocycles. The fourth-order valence-corrected chi connectivity index (χ4v) is 2.97. The highest BCUT2D eigenvalue weighted by Crippen LogP contribution is 2.31. The van der Waals surface area contributed by atoms with Crippen LogP contribution in [0.4, 0.5) is 0 Å². The van der Waals surface area contributed by atoms with Gasteiger partial charge in [-0.15, -0.1) is 5.54 Å². The molecule has 0 amide bonds. The van der Waals surface area contributed by atoms with E-state index in [0.717, 1.165) is 28.0 Å². The first-order valence-corrected chi connectivity index (χ1v) is 12.3. The molecule has 0 N–H and O–H groups in total. The zero-order valence-electron chi connectivity index (χ0n) is 16.2. The van der Waals surface area contributed by atoms with Crippen molar-refractivity contribution in [1.29, 1.82) is 0 Å². The summed E-state index contributed by atoms with van der Waals surface area (Å²) in [6.07, 6.45) is 0.114. The van der Waals surface area contributed by atoms with Crippen LogP contribution in [-0.4, -0.2) is 14.2 Å². The second-order valence-corrected chi connectivity index (χ2v) is 12.5. The predicted molar refractivity (Wildman–Crippen MR) is 112 cm³/mol. The fraction of sp³-hybridized carbons (Fsp3) is 0.304. The molecule has 1 nitrogen and oxygen atoms in total. The summed E-state index contributed by atoms with van der Waals surface area (Å²) in [5.41, 5.74) is 8.77. The van der Waals surface area contributed by atoms with Crippen LogP contribution in [0.2, 0.25) is 19.6 Å². The molecule has 0 saturated carbocycles. The van der Waals surface area contributed by atoms with E-state index in [0.29, 0.717) is 0 Å². The molecule has 2 aromatic carbocycles. The summed E-state index contributed by atoms with van der Waals surface area (Å²) in [4.78, 5) is 0. The van der Waals surface area contributed by atoms with Crippen LogP contribution in [0, 0.1) is 18.4 Å². The van der Waals surface area contributed by atoms with Gasteiger partial charge in [0.15, 0.2) is 0 Å². The first-order chi connectivity index (χ1) is 11.7. The molecule has 25 heavy (non-hydrogen) atoms. The Hall–Kier alpha value is -2.24. The lowest BCUT2D eigenvalue weighted by Gasteiger charge is -2.17. The number of rotatable bonds is 4. The normalized spacial score (nSPS) is 11.0.